The molecule has 2 N–H and O–H groups in total. The summed E-state index contributed by atoms with van der Waals surface area (Å²) in [6.45, 7) is 3.60. The van der Waals surface area contributed by atoms with Crippen molar-refractivity contribution in [2.45, 2.75) is 37.6 Å². The summed E-state index contributed by atoms with van der Waals surface area (Å²) < 4.78 is 26.9. The van der Waals surface area contributed by atoms with Gasteiger partial charge in [-0.1, -0.05) is 31.0 Å². The fraction of sp³-hybridized carbons (Fsp3) is 0.571. The molecule has 0 amide bonds. The van der Waals surface area contributed by atoms with Gasteiger partial charge in [-0.25, -0.2) is 8.42 Å². The third-order valence-corrected chi connectivity index (χ3v) is 6.14. The van der Waals surface area contributed by atoms with Gasteiger partial charge in [0.05, 0.1) is 5.02 Å². The first-order chi connectivity index (χ1) is 9.48. The zero-order chi connectivity index (χ0) is 14.8. The van der Waals surface area contributed by atoms with E-state index in [9.17, 15) is 8.42 Å². The maximum absolute atomic E-state index is 12.7. The number of nitrogens with two attached hydrogens (primary N) is 1. The van der Waals surface area contributed by atoms with Crippen molar-refractivity contribution in [1.82, 2.24) is 4.31 Å². The van der Waals surface area contributed by atoms with Crippen molar-refractivity contribution in [1.29, 1.82) is 0 Å². The van der Waals surface area contributed by atoms with Crippen molar-refractivity contribution in [2.24, 2.45) is 11.7 Å². The molecule has 0 bridgehead atoms. The summed E-state index contributed by atoms with van der Waals surface area (Å²) >= 11 is 6.07. The van der Waals surface area contributed by atoms with Crippen molar-refractivity contribution < 1.29 is 8.42 Å². The monoisotopic (exact) mass is 316 g/mol. The van der Waals surface area contributed by atoms with Gasteiger partial charge >= 0.3 is 0 Å². The van der Waals surface area contributed by atoms with E-state index in [1.54, 1.807) is 22.5 Å². The highest BCUT2D eigenvalue weighted by Crippen LogP contribution is 2.30. The maximum atomic E-state index is 12.7. The molecule has 1 aliphatic rings. The van der Waals surface area contributed by atoms with Crippen LogP contribution in [0.4, 0.5) is 0 Å². The van der Waals surface area contributed by atoms with Gasteiger partial charge in [0.1, 0.15) is 4.90 Å². The molecule has 0 aromatic heterocycles. The number of benzene rings is 1. The first-order valence-electron chi connectivity index (χ1n) is 6.97. The second kappa shape index (κ2) is 6.43. The molecule has 1 aliphatic heterocycles. The first-order valence-corrected chi connectivity index (χ1v) is 8.79. The molecule has 20 heavy (non-hydrogen) atoms. The maximum Gasteiger partial charge on any atom is 0.244 e. The Labute approximate surface area is 126 Å². The number of nitrogens with zero attached hydrogens (tertiary/aromatic N) is 1. The number of sulfonamides is 1. The van der Waals surface area contributed by atoms with Crippen molar-refractivity contribution in [3.05, 3.63) is 28.8 Å². The Morgan fingerprint density at radius 1 is 1.45 bits per heavy atom. The molecule has 1 unspecified atom stereocenters. The van der Waals surface area contributed by atoms with Crippen LogP contribution in [0.5, 0.6) is 0 Å². The molecule has 1 aromatic carbocycles. The van der Waals surface area contributed by atoms with Crippen molar-refractivity contribution in [2.75, 3.05) is 13.1 Å². The van der Waals surface area contributed by atoms with Crippen molar-refractivity contribution >= 4 is 21.6 Å². The van der Waals surface area contributed by atoms with Crippen LogP contribution in [-0.2, 0) is 16.6 Å². The minimum atomic E-state index is -3.51. The number of halogens is 1. The molecule has 1 atom stereocenters. The summed E-state index contributed by atoms with van der Waals surface area (Å²) in [7, 11) is -3.51. The van der Waals surface area contributed by atoms with Crippen LogP contribution in [0.1, 0.15) is 31.7 Å². The molecule has 2 rings (SSSR count). The number of hydrogen-bond acceptors (Lipinski definition) is 3. The van der Waals surface area contributed by atoms with E-state index in [2.05, 4.69) is 6.92 Å². The van der Waals surface area contributed by atoms with Crippen LogP contribution in [0.15, 0.2) is 23.1 Å². The van der Waals surface area contributed by atoms with E-state index < -0.39 is 10.0 Å². The van der Waals surface area contributed by atoms with E-state index in [1.165, 1.54) is 0 Å². The standard InChI is InChI=1S/C14H21ClN2O2S/c1-2-3-11-6-7-17(10-11)20(18,19)14-8-12(9-16)4-5-13(14)15/h4-5,8,11H,2-3,6-7,9-10,16H2,1H3. The molecule has 0 aliphatic carbocycles. The van der Waals surface area contributed by atoms with E-state index >= 15 is 0 Å². The van der Waals surface area contributed by atoms with Gasteiger partial charge in [0.25, 0.3) is 0 Å². The predicted octanol–water partition coefficient (Wildman–Crippen LogP) is 2.61. The van der Waals surface area contributed by atoms with E-state index in [0.29, 0.717) is 25.6 Å². The molecule has 4 nitrogen and oxygen atoms in total. The van der Waals surface area contributed by atoms with E-state index in [-0.39, 0.29) is 9.92 Å². The smallest absolute Gasteiger partial charge is 0.244 e. The zero-order valence-electron chi connectivity index (χ0n) is 11.7. The Bertz CT molecular complexity index is 575. The average molecular weight is 317 g/mol. The van der Waals surface area contributed by atoms with Crippen LogP contribution in [0.2, 0.25) is 5.02 Å². The number of rotatable bonds is 5. The molecule has 1 heterocycles. The highest BCUT2D eigenvalue weighted by molar-refractivity contribution is 7.89. The SMILES string of the molecule is CCCC1CCN(S(=O)(=O)c2cc(CN)ccc2Cl)C1. The largest absolute Gasteiger partial charge is 0.326 e. The summed E-state index contributed by atoms with van der Waals surface area (Å²) in [5.41, 5.74) is 6.35. The van der Waals surface area contributed by atoms with Crippen LogP contribution in [0.25, 0.3) is 0 Å². The highest BCUT2D eigenvalue weighted by Gasteiger charge is 2.33. The third kappa shape index (κ3) is 3.17. The molecule has 1 saturated heterocycles. The van der Waals surface area contributed by atoms with Gasteiger partial charge in [-0.2, -0.15) is 4.31 Å². The molecule has 0 spiro atoms. The zero-order valence-corrected chi connectivity index (χ0v) is 13.3. The molecule has 0 radical (unpaired) electrons. The fourth-order valence-corrected chi connectivity index (χ4v) is 4.73. The van der Waals surface area contributed by atoms with Crippen molar-refractivity contribution in [3.63, 3.8) is 0 Å². The van der Waals surface area contributed by atoms with Gasteiger partial charge < -0.3 is 5.73 Å². The van der Waals surface area contributed by atoms with E-state index in [0.717, 1.165) is 24.8 Å². The lowest BCUT2D eigenvalue weighted by Gasteiger charge is -2.18. The van der Waals surface area contributed by atoms with Gasteiger partial charge in [-0.05, 0) is 36.5 Å². The normalized spacial score (nSPS) is 20.4. The lowest BCUT2D eigenvalue weighted by Crippen LogP contribution is -2.29. The molecule has 1 aromatic rings. The summed E-state index contributed by atoms with van der Waals surface area (Å²) in [4.78, 5) is 0.180. The summed E-state index contributed by atoms with van der Waals surface area (Å²) in [5, 5.41) is 0.265. The molecule has 0 saturated carbocycles. The molecular formula is C14H21ClN2O2S. The lowest BCUT2D eigenvalue weighted by atomic mass is 10.0. The van der Waals surface area contributed by atoms with Gasteiger partial charge in [-0.3, -0.25) is 0 Å². The predicted molar refractivity (Wildman–Crippen MR) is 81.1 cm³/mol. The fourth-order valence-electron chi connectivity index (χ4n) is 2.67. The Hall–Kier alpha value is -0.620. The lowest BCUT2D eigenvalue weighted by molar-refractivity contribution is 0.444. The first kappa shape index (κ1) is 15.8. The minimum absolute atomic E-state index is 0.180. The van der Waals surface area contributed by atoms with Crippen LogP contribution in [0.3, 0.4) is 0 Å². The van der Waals surface area contributed by atoms with Gasteiger partial charge in [0.15, 0.2) is 0 Å². The Kier molecular flexibility index (Phi) is 5.07. The summed E-state index contributed by atoms with van der Waals surface area (Å²) in [5.74, 6) is 0.464. The van der Waals surface area contributed by atoms with Gasteiger partial charge in [-0.15, -0.1) is 0 Å². The minimum Gasteiger partial charge on any atom is -0.326 e. The molecule has 112 valence electrons. The van der Waals surface area contributed by atoms with E-state index in [1.807, 2.05) is 0 Å². The van der Waals surface area contributed by atoms with E-state index in [4.69, 9.17) is 17.3 Å². The van der Waals surface area contributed by atoms with Gasteiger partial charge in [0, 0.05) is 19.6 Å². The molecular weight excluding hydrogens is 296 g/mol. The van der Waals surface area contributed by atoms with Crippen LogP contribution in [0, 0.1) is 5.92 Å². The average Bonchev–Trinajstić information content (AvgIpc) is 2.89. The Balaban J connectivity index is 2.27. The Morgan fingerprint density at radius 3 is 2.85 bits per heavy atom. The molecule has 6 heteroatoms. The van der Waals surface area contributed by atoms with Crippen LogP contribution >= 0.6 is 11.6 Å². The van der Waals surface area contributed by atoms with Crippen LogP contribution < -0.4 is 5.73 Å². The Morgan fingerprint density at radius 2 is 2.20 bits per heavy atom. The van der Waals surface area contributed by atoms with Gasteiger partial charge in [0.2, 0.25) is 10.0 Å². The quantitative estimate of drug-likeness (QED) is 0.908. The van der Waals surface area contributed by atoms with Crippen molar-refractivity contribution in [3.8, 4) is 0 Å². The van der Waals surface area contributed by atoms with Crippen LogP contribution in [-0.4, -0.2) is 25.8 Å². The highest BCUT2D eigenvalue weighted by atomic mass is 35.5. The topological polar surface area (TPSA) is 63.4 Å². The molecule has 1 fully saturated rings. The summed E-state index contributed by atoms with van der Waals surface area (Å²) in [6.07, 6.45) is 3.09. The third-order valence-electron chi connectivity index (χ3n) is 3.79. The second-order valence-electron chi connectivity index (χ2n) is 5.28. The second-order valence-corrected chi connectivity index (χ2v) is 7.59. The number of hydrogen-bond donors (Lipinski definition) is 1. The summed E-state index contributed by atoms with van der Waals surface area (Å²) in [6, 6.07) is 4.95.